The molecule has 0 unspecified atom stereocenters. The number of hydrogen-bond donors (Lipinski definition) is 0. The summed E-state index contributed by atoms with van der Waals surface area (Å²) in [5.41, 5.74) is 4.19. The average Bonchev–Trinajstić information content (AvgIpc) is 2.48. The van der Waals surface area contributed by atoms with Crippen LogP contribution in [0.2, 0.25) is 0 Å². The largest absolute Gasteiger partial charge is 0.437 e. The fourth-order valence-corrected chi connectivity index (χ4v) is 1.29. The monoisotopic (exact) mass is 173 g/mol. The van der Waals surface area contributed by atoms with Gasteiger partial charge in [-0.05, 0) is 43.2 Å². The first-order valence-electron chi connectivity index (χ1n) is 4.21. The zero-order valence-electron chi connectivity index (χ0n) is 7.79. The van der Waals surface area contributed by atoms with Crippen LogP contribution in [0.1, 0.15) is 17.0 Å². The molecular formula is C11H11NO. The second-order valence-electron chi connectivity index (χ2n) is 3.16. The topological polar surface area (TPSA) is 26.0 Å². The van der Waals surface area contributed by atoms with Crippen LogP contribution in [0.3, 0.4) is 0 Å². The van der Waals surface area contributed by atoms with Gasteiger partial charge < -0.3 is 4.42 Å². The van der Waals surface area contributed by atoms with Crippen LogP contribution in [-0.4, -0.2) is 4.98 Å². The summed E-state index contributed by atoms with van der Waals surface area (Å²) < 4.78 is 5.42. The molecule has 0 amide bonds. The molecule has 2 aromatic rings. The van der Waals surface area contributed by atoms with Gasteiger partial charge in [-0.2, -0.15) is 0 Å². The summed E-state index contributed by atoms with van der Waals surface area (Å²) in [6, 6.07) is 4.03. The van der Waals surface area contributed by atoms with Crippen molar-refractivity contribution in [1.29, 1.82) is 0 Å². The first-order chi connectivity index (χ1) is 6.20. The molecule has 0 saturated carbocycles. The van der Waals surface area contributed by atoms with Crippen molar-refractivity contribution in [1.82, 2.24) is 4.98 Å². The van der Waals surface area contributed by atoms with Crippen LogP contribution in [0.15, 0.2) is 23.1 Å². The molecule has 66 valence electrons. The summed E-state index contributed by atoms with van der Waals surface area (Å²) in [5, 5.41) is 0. The van der Waals surface area contributed by atoms with Crippen LogP contribution in [0.4, 0.5) is 0 Å². The molecule has 0 aliphatic rings. The minimum absolute atomic E-state index is 0.583. The van der Waals surface area contributed by atoms with Gasteiger partial charge in [0.25, 0.3) is 0 Å². The van der Waals surface area contributed by atoms with Crippen molar-refractivity contribution in [2.75, 3.05) is 0 Å². The highest BCUT2D eigenvalue weighted by Crippen LogP contribution is 2.20. The Morgan fingerprint density at radius 3 is 2.69 bits per heavy atom. The van der Waals surface area contributed by atoms with E-state index in [0.717, 1.165) is 11.1 Å². The highest BCUT2D eigenvalue weighted by Gasteiger charge is 2.04. The van der Waals surface area contributed by atoms with Crippen molar-refractivity contribution in [2.45, 2.75) is 13.8 Å². The van der Waals surface area contributed by atoms with E-state index in [2.05, 4.69) is 25.4 Å². The fraction of sp³-hybridized carbons (Fsp3) is 0.182. The lowest BCUT2D eigenvalue weighted by Gasteiger charge is -1.96. The van der Waals surface area contributed by atoms with Gasteiger partial charge in [-0.1, -0.05) is 6.58 Å². The Morgan fingerprint density at radius 1 is 1.31 bits per heavy atom. The van der Waals surface area contributed by atoms with Crippen LogP contribution in [-0.2, 0) is 0 Å². The summed E-state index contributed by atoms with van der Waals surface area (Å²) in [5.74, 6) is 0.583. The van der Waals surface area contributed by atoms with Gasteiger partial charge in [0.1, 0.15) is 5.52 Å². The van der Waals surface area contributed by atoms with E-state index >= 15 is 0 Å². The van der Waals surface area contributed by atoms with Crippen LogP contribution >= 0.6 is 0 Å². The van der Waals surface area contributed by atoms with Crippen molar-refractivity contribution < 1.29 is 4.42 Å². The predicted molar refractivity (Wildman–Crippen MR) is 53.6 cm³/mol. The highest BCUT2D eigenvalue weighted by molar-refractivity contribution is 5.75. The first-order valence-corrected chi connectivity index (χ1v) is 4.21. The van der Waals surface area contributed by atoms with E-state index < -0.39 is 0 Å². The molecule has 2 nitrogen and oxygen atoms in total. The minimum Gasteiger partial charge on any atom is -0.437 e. The molecule has 0 N–H and O–H groups in total. The first kappa shape index (κ1) is 8.05. The smallest absolute Gasteiger partial charge is 0.219 e. The highest BCUT2D eigenvalue weighted by atomic mass is 16.3. The van der Waals surface area contributed by atoms with E-state index in [1.807, 2.05) is 12.1 Å². The Kier molecular flexibility index (Phi) is 1.69. The lowest BCUT2D eigenvalue weighted by atomic mass is 10.1. The molecule has 1 aromatic heterocycles. The van der Waals surface area contributed by atoms with Gasteiger partial charge in [0.05, 0.1) is 0 Å². The Bertz CT molecular complexity index is 429. The molecule has 1 aromatic carbocycles. The third kappa shape index (κ3) is 1.24. The quantitative estimate of drug-likeness (QED) is 0.662. The molecule has 0 aliphatic carbocycles. The molecule has 0 atom stereocenters. The van der Waals surface area contributed by atoms with Crippen molar-refractivity contribution in [3.8, 4) is 0 Å². The number of benzene rings is 1. The fourth-order valence-electron chi connectivity index (χ4n) is 1.29. The van der Waals surface area contributed by atoms with Gasteiger partial charge in [0.2, 0.25) is 5.89 Å². The number of aryl methyl sites for hydroxylation is 2. The predicted octanol–water partition coefficient (Wildman–Crippen LogP) is 3.09. The molecule has 2 rings (SSSR count). The van der Waals surface area contributed by atoms with Gasteiger partial charge in [-0.15, -0.1) is 0 Å². The second-order valence-corrected chi connectivity index (χ2v) is 3.16. The Morgan fingerprint density at radius 2 is 2.00 bits per heavy atom. The maximum absolute atomic E-state index is 5.42. The van der Waals surface area contributed by atoms with Gasteiger partial charge in [0, 0.05) is 0 Å². The minimum atomic E-state index is 0.583. The van der Waals surface area contributed by atoms with Gasteiger partial charge >= 0.3 is 0 Å². The van der Waals surface area contributed by atoms with Gasteiger partial charge in [0.15, 0.2) is 5.58 Å². The second kappa shape index (κ2) is 2.73. The molecule has 1 heterocycles. The number of fused-ring (bicyclic) bond motifs is 1. The number of rotatable bonds is 1. The van der Waals surface area contributed by atoms with E-state index in [1.165, 1.54) is 11.1 Å². The molecule has 0 fully saturated rings. The third-order valence-corrected chi connectivity index (χ3v) is 2.20. The van der Waals surface area contributed by atoms with Crippen molar-refractivity contribution in [3.63, 3.8) is 0 Å². The van der Waals surface area contributed by atoms with Crippen molar-refractivity contribution in [3.05, 3.63) is 35.7 Å². The molecule has 0 saturated heterocycles. The van der Waals surface area contributed by atoms with E-state index in [9.17, 15) is 0 Å². The lowest BCUT2D eigenvalue weighted by molar-refractivity contribution is 0.589. The normalized spacial score (nSPS) is 10.6. The molecule has 2 heteroatoms. The summed E-state index contributed by atoms with van der Waals surface area (Å²) in [6.45, 7) is 7.74. The number of hydrogen-bond acceptors (Lipinski definition) is 2. The maximum atomic E-state index is 5.42. The van der Waals surface area contributed by atoms with Crippen LogP contribution in [0.5, 0.6) is 0 Å². The molecule has 13 heavy (non-hydrogen) atoms. The Labute approximate surface area is 76.9 Å². The zero-order chi connectivity index (χ0) is 9.42. The maximum Gasteiger partial charge on any atom is 0.219 e. The zero-order valence-corrected chi connectivity index (χ0v) is 7.79. The van der Waals surface area contributed by atoms with E-state index in [0.29, 0.717) is 5.89 Å². The molecule has 0 aliphatic heterocycles. The summed E-state index contributed by atoms with van der Waals surface area (Å²) in [4.78, 5) is 4.25. The van der Waals surface area contributed by atoms with Gasteiger partial charge in [-0.25, -0.2) is 4.98 Å². The number of oxazole rings is 1. The summed E-state index contributed by atoms with van der Waals surface area (Å²) in [6.07, 6.45) is 1.62. The Hall–Kier alpha value is -1.57. The summed E-state index contributed by atoms with van der Waals surface area (Å²) in [7, 11) is 0. The van der Waals surface area contributed by atoms with Crippen molar-refractivity contribution in [2.24, 2.45) is 0 Å². The number of nitrogens with zero attached hydrogens (tertiary/aromatic N) is 1. The molecule has 0 radical (unpaired) electrons. The Balaban J connectivity index is 2.77. The van der Waals surface area contributed by atoms with E-state index in [4.69, 9.17) is 4.42 Å². The molecule has 0 bridgehead atoms. The van der Waals surface area contributed by atoms with E-state index in [-0.39, 0.29) is 0 Å². The standard InChI is InChI=1S/C11H11NO/c1-4-11-12-9-5-7(2)8(3)6-10(9)13-11/h4-6H,1H2,2-3H3. The number of aromatic nitrogens is 1. The molecule has 0 spiro atoms. The van der Waals surface area contributed by atoms with Crippen LogP contribution in [0.25, 0.3) is 17.2 Å². The third-order valence-electron chi connectivity index (χ3n) is 2.20. The SMILES string of the molecule is C=Cc1nc2cc(C)c(C)cc2o1. The van der Waals surface area contributed by atoms with Crippen molar-refractivity contribution >= 4 is 17.2 Å². The van der Waals surface area contributed by atoms with Gasteiger partial charge in [-0.3, -0.25) is 0 Å². The van der Waals surface area contributed by atoms with Crippen LogP contribution < -0.4 is 0 Å². The van der Waals surface area contributed by atoms with Crippen LogP contribution in [0, 0.1) is 13.8 Å². The molecular weight excluding hydrogens is 162 g/mol. The van der Waals surface area contributed by atoms with E-state index in [1.54, 1.807) is 6.08 Å². The summed E-state index contributed by atoms with van der Waals surface area (Å²) >= 11 is 0. The lowest BCUT2D eigenvalue weighted by Crippen LogP contribution is -1.79. The average molecular weight is 173 g/mol.